The zero-order valence-corrected chi connectivity index (χ0v) is 17.2. The number of ether oxygens (including phenoxy) is 2. The Morgan fingerprint density at radius 2 is 1.91 bits per heavy atom. The highest BCUT2D eigenvalue weighted by Crippen LogP contribution is 2.30. The molecule has 0 aliphatic heterocycles. The lowest BCUT2D eigenvalue weighted by atomic mass is 10.1. The van der Waals surface area contributed by atoms with Gasteiger partial charge in [0, 0.05) is 6.54 Å². The average Bonchev–Trinajstić information content (AvgIpc) is 3.30. The maximum atomic E-state index is 12.4. The van der Waals surface area contributed by atoms with Gasteiger partial charge in [-0.25, -0.2) is 4.79 Å². The van der Waals surface area contributed by atoms with E-state index in [-0.39, 0.29) is 17.9 Å². The molecule has 0 bridgehead atoms. The van der Waals surface area contributed by atoms with Crippen LogP contribution in [0.2, 0.25) is 0 Å². The molecule has 3 aromatic rings. The number of nitrogens with zero attached hydrogens (tertiary/aromatic N) is 1. The molecule has 2 N–H and O–H groups in total. The van der Waals surface area contributed by atoms with Gasteiger partial charge in [0.25, 0.3) is 5.91 Å². The number of hydrogen-bond donors (Lipinski definition) is 2. The molecule has 1 heterocycles. The van der Waals surface area contributed by atoms with E-state index in [1.165, 1.54) is 25.3 Å². The number of nitrogens with one attached hydrogen (secondary N) is 1. The van der Waals surface area contributed by atoms with Crippen molar-refractivity contribution in [2.45, 2.75) is 13.2 Å². The number of nitriles is 1. The summed E-state index contributed by atoms with van der Waals surface area (Å²) in [6.07, 6.45) is 1.46. The SMILES string of the molecule is COc1cc(/C=C(/C#N)C(=O)NCc2ccccc2)ccc1OCc1ccc(C(=O)O)o1. The summed E-state index contributed by atoms with van der Waals surface area (Å²) >= 11 is 0. The lowest BCUT2D eigenvalue weighted by Crippen LogP contribution is -2.23. The van der Waals surface area contributed by atoms with Crippen LogP contribution in [0.15, 0.2) is 70.7 Å². The molecule has 162 valence electrons. The summed E-state index contributed by atoms with van der Waals surface area (Å²) in [5, 5.41) is 21.0. The lowest BCUT2D eigenvalue weighted by molar-refractivity contribution is -0.117. The molecule has 0 aliphatic rings. The Kier molecular flexibility index (Phi) is 7.28. The second kappa shape index (κ2) is 10.5. The first-order valence-corrected chi connectivity index (χ1v) is 9.57. The standard InChI is InChI=1S/C24H20N2O6/c1-30-22-12-17(7-9-20(22)31-15-19-8-10-21(32-19)24(28)29)11-18(13-25)23(27)26-14-16-5-3-2-4-6-16/h2-12H,14-15H2,1H3,(H,26,27)(H,28,29)/b18-11-. The molecule has 0 atom stereocenters. The van der Waals surface area contributed by atoms with Gasteiger partial charge in [-0.3, -0.25) is 4.79 Å². The first-order valence-electron chi connectivity index (χ1n) is 9.57. The second-order valence-electron chi connectivity index (χ2n) is 6.61. The van der Waals surface area contributed by atoms with Crippen LogP contribution in [0.3, 0.4) is 0 Å². The predicted octanol–water partition coefficient (Wildman–Crippen LogP) is 3.79. The largest absolute Gasteiger partial charge is 0.493 e. The van der Waals surface area contributed by atoms with E-state index in [2.05, 4.69) is 5.32 Å². The minimum Gasteiger partial charge on any atom is -0.493 e. The van der Waals surface area contributed by atoms with Crippen LogP contribution in [0, 0.1) is 11.3 Å². The Bertz CT molecular complexity index is 1170. The summed E-state index contributed by atoms with van der Waals surface area (Å²) in [7, 11) is 1.46. The third-order valence-electron chi connectivity index (χ3n) is 4.40. The summed E-state index contributed by atoms with van der Waals surface area (Å²) in [5.41, 5.74) is 1.45. The van der Waals surface area contributed by atoms with Crippen LogP contribution in [0.25, 0.3) is 6.08 Å². The number of methoxy groups -OCH3 is 1. The van der Waals surface area contributed by atoms with Gasteiger partial charge in [0.15, 0.2) is 11.5 Å². The molecule has 2 aromatic carbocycles. The van der Waals surface area contributed by atoms with Crippen molar-refractivity contribution < 1.29 is 28.6 Å². The van der Waals surface area contributed by atoms with Crippen LogP contribution in [0.4, 0.5) is 0 Å². The molecule has 0 radical (unpaired) electrons. The summed E-state index contributed by atoms with van der Waals surface area (Å²) in [6, 6.07) is 19.1. The quantitative estimate of drug-likeness (QED) is 0.390. The summed E-state index contributed by atoms with van der Waals surface area (Å²) in [4.78, 5) is 23.3. The zero-order chi connectivity index (χ0) is 22.9. The Hall–Kier alpha value is -4.51. The molecule has 1 aromatic heterocycles. The third kappa shape index (κ3) is 5.77. The predicted molar refractivity (Wildman–Crippen MR) is 115 cm³/mol. The molecule has 3 rings (SSSR count). The zero-order valence-electron chi connectivity index (χ0n) is 17.2. The van der Waals surface area contributed by atoms with Gasteiger partial charge in [-0.15, -0.1) is 0 Å². The molecular weight excluding hydrogens is 412 g/mol. The maximum Gasteiger partial charge on any atom is 0.371 e. The normalized spacial score (nSPS) is 10.8. The van der Waals surface area contributed by atoms with E-state index in [4.69, 9.17) is 19.0 Å². The van der Waals surface area contributed by atoms with Gasteiger partial charge < -0.3 is 24.3 Å². The first-order chi connectivity index (χ1) is 15.5. The van der Waals surface area contributed by atoms with Gasteiger partial charge in [0.05, 0.1) is 7.11 Å². The number of amides is 1. The van der Waals surface area contributed by atoms with Gasteiger partial charge in [-0.1, -0.05) is 36.4 Å². The molecular formula is C24H20N2O6. The van der Waals surface area contributed by atoms with Crippen LogP contribution in [-0.2, 0) is 17.9 Å². The van der Waals surface area contributed by atoms with Crippen molar-refractivity contribution in [3.63, 3.8) is 0 Å². The fourth-order valence-corrected chi connectivity index (χ4v) is 2.80. The molecule has 8 nitrogen and oxygen atoms in total. The van der Waals surface area contributed by atoms with E-state index in [1.807, 2.05) is 36.4 Å². The van der Waals surface area contributed by atoms with Crippen LogP contribution >= 0.6 is 0 Å². The number of carbonyl (C=O) groups is 2. The molecule has 0 spiro atoms. The molecule has 0 fully saturated rings. The Balaban J connectivity index is 1.68. The van der Waals surface area contributed by atoms with Gasteiger partial charge in [-0.05, 0) is 41.5 Å². The van der Waals surface area contributed by atoms with Crippen molar-refractivity contribution in [2.75, 3.05) is 7.11 Å². The van der Waals surface area contributed by atoms with E-state index in [1.54, 1.807) is 18.2 Å². The summed E-state index contributed by atoms with van der Waals surface area (Å²) in [6.45, 7) is 0.315. The van der Waals surface area contributed by atoms with Gasteiger partial charge in [0.2, 0.25) is 5.76 Å². The fraction of sp³-hybridized carbons (Fsp3) is 0.125. The topological polar surface area (TPSA) is 122 Å². The Morgan fingerprint density at radius 3 is 2.56 bits per heavy atom. The Labute approximate surface area is 184 Å². The molecule has 1 amide bonds. The van der Waals surface area contributed by atoms with Crippen LogP contribution in [0.5, 0.6) is 11.5 Å². The van der Waals surface area contributed by atoms with Crippen molar-refractivity contribution in [3.8, 4) is 17.6 Å². The number of hydrogen-bond acceptors (Lipinski definition) is 6. The molecule has 32 heavy (non-hydrogen) atoms. The number of rotatable bonds is 9. The van der Waals surface area contributed by atoms with Crippen molar-refractivity contribution in [1.29, 1.82) is 5.26 Å². The van der Waals surface area contributed by atoms with Crippen LogP contribution < -0.4 is 14.8 Å². The highest BCUT2D eigenvalue weighted by Gasteiger charge is 2.13. The van der Waals surface area contributed by atoms with E-state index in [0.717, 1.165) is 5.56 Å². The summed E-state index contributed by atoms with van der Waals surface area (Å²) < 4.78 is 16.1. The van der Waals surface area contributed by atoms with E-state index in [9.17, 15) is 14.9 Å². The number of furan rings is 1. The number of benzene rings is 2. The van der Waals surface area contributed by atoms with E-state index in [0.29, 0.717) is 29.4 Å². The summed E-state index contributed by atoms with van der Waals surface area (Å²) in [5.74, 6) is -0.703. The molecule has 0 unspecified atom stereocenters. The van der Waals surface area contributed by atoms with Gasteiger partial charge in [-0.2, -0.15) is 5.26 Å². The van der Waals surface area contributed by atoms with Crippen molar-refractivity contribution in [3.05, 3.63) is 88.9 Å². The van der Waals surface area contributed by atoms with Crippen LogP contribution in [0.1, 0.15) is 27.4 Å². The smallest absolute Gasteiger partial charge is 0.371 e. The second-order valence-corrected chi connectivity index (χ2v) is 6.61. The number of carboxylic acids is 1. The molecule has 0 saturated heterocycles. The lowest BCUT2D eigenvalue weighted by Gasteiger charge is -2.10. The van der Waals surface area contributed by atoms with Crippen LogP contribution in [-0.4, -0.2) is 24.1 Å². The van der Waals surface area contributed by atoms with Gasteiger partial charge in [0.1, 0.15) is 24.0 Å². The highest BCUT2D eigenvalue weighted by molar-refractivity contribution is 6.01. The average molecular weight is 432 g/mol. The minimum atomic E-state index is -1.16. The van der Waals surface area contributed by atoms with E-state index >= 15 is 0 Å². The highest BCUT2D eigenvalue weighted by atomic mass is 16.5. The number of aromatic carboxylic acids is 1. The van der Waals surface area contributed by atoms with E-state index < -0.39 is 11.9 Å². The maximum absolute atomic E-state index is 12.4. The minimum absolute atomic E-state index is 0.00413. The number of carbonyl (C=O) groups excluding carboxylic acids is 1. The van der Waals surface area contributed by atoms with Crippen molar-refractivity contribution in [2.24, 2.45) is 0 Å². The molecule has 0 aliphatic carbocycles. The van der Waals surface area contributed by atoms with Crippen molar-refractivity contribution >= 4 is 18.0 Å². The number of carboxylic acid groups (broad SMARTS) is 1. The molecule has 8 heteroatoms. The fourth-order valence-electron chi connectivity index (χ4n) is 2.80. The first kappa shape index (κ1) is 22.2. The molecule has 0 saturated carbocycles. The monoisotopic (exact) mass is 432 g/mol. The Morgan fingerprint density at radius 1 is 1.12 bits per heavy atom. The van der Waals surface area contributed by atoms with Gasteiger partial charge >= 0.3 is 5.97 Å². The third-order valence-corrected chi connectivity index (χ3v) is 4.40. The van der Waals surface area contributed by atoms with Crippen molar-refractivity contribution in [1.82, 2.24) is 5.32 Å².